The van der Waals surface area contributed by atoms with Crippen LogP contribution in [0.15, 0.2) is 34.8 Å². The molecule has 0 heterocycles. The molecule has 24 heavy (non-hydrogen) atoms. The van der Waals surface area contributed by atoms with Crippen LogP contribution < -0.4 is 18.9 Å². The molecule has 5 nitrogen and oxygen atoms in total. The molecular formula is C18H18BrNO4. The lowest BCUT2D eigenvalue weighted by Crippen LogP contribution is -2.02. The fourth-order valence-electron chi connectivity index (χ4n) is 2.16. The predicted octanol–water partition coefficient (Wildman–Crippen LogP) is 4.32. The molecule has 0 atom stereocenters. The molecule has 0 saturated carbocycles. The van der Waals surface area contributed by atoms with Crippen LogP contribution in [-0.4, -0.2) is 20.8 Å². The smallest absolute Gasteiger partial charge is 0.162 e. The summed E-state index contributed by atoms with van der Waals surface area (Å²) in [6.07, 6.45) is 0. The Hall–Kier alpha value is -2.39. The summed E-state index contributed by atoms with van der Waals surface area (Å²) >= 11 is 3.43. The van der Waals surface area contributed by atoms with E-state index in [1.165, 1.54) is 0 Å². The molecule has 0 radical (unpaired) electrons. The molecule has 6 heteroatoms. The van der Waals surface area contributed by atoms with Crippen molar-refractivity contribution in [3.05, 3.63) is 45.9 Å². The lowest BCUT2D eigenvalue weighted by atomic mass is 10.2. The first-order valence-corrected chi connectivity index (χ1v) is 8.12. The molecule has 126 valence electrons. The zero-order chi connectivity index (χ0) is 17.5. The Morgan fingerprint density at radius 3 is 2.33 bits per heavy atom. The van der Waals surface area contributed by atoms with Crippen molar-refractivity contribution in [2.75, 3.05) is 20.8 Å². The average molecular weight is 392 g/mol. The van der Waals surface area contributed by atoms with E-state index < -0.39 is 0 Å². The van der Waals surface area contributed by atoms with Gasteiger partial charge in [0.2, 0.25) is 0 Å². The third-order valence-electron chi connectivity index (χ3n) is 3.31. The molecule has 0 unspecified atom stereocenters. The van der Waals surface area contributed by atoms with Crippen LogP contribution in [0.25, 0.3) is 0 Å². The number of hydrogen-bond donors (Lipinski definition) is 0. The summed E-state index contributed by atoms with van der Waals surface area (Å²) in [6, 6.07) is 10.9. The van der Waals surface area contributed by atoms with E-state index in [2.05, 4.69) is 22.0 Å². The van der Waals surface area contributed by atoms with Crippen molar-refractivity contribution in [3.63, 3.8) is 0 Å². The number of ether oxygens (including phenoxy) is 4. The lowest BCUT2D eigenvalue weighted by molar-refractivity contribution is 0.264. The van der Waals surface area contributed by atoms with E-state index in [0.717, 1.165) is 10.0 Å². The monoisotopic (exact) mass is 391 g/mol. The SMILES string of the molecule is CCOc1cc(C#N)ccc1OCc1cc(OC)c(Br)cc1OC. The van der Waals surface area contributed by atoms with Crippen LogP contribution >= 0.6 is 15.9 Å². The van der Waals surface area contributed by atoms with Crippen molar-refractivity contribution in [2.45, 2.75) is 13.5 Å². The second-order valence-corrected chi connectivity index (χ2v) is 5.65. The van der Waals surface area contributed by atoms with Gasteiger partial charge in [0.25, 0.3) is 0 Å². The summed E-state index contributed by atoms with van der Waals surface area (Å²) < 4.78 is 22.9. The van der Waals surface area contributed by atoms with Gasteiger partial charge in [0.15, 0.2) is 11.5 Å². The van der Waals surface area contributed by atoms with Crippen LogP contribution in [0.1, 0.15) is 18.1 Å². The van der Waals surface area contributed by atoms with Gasteiger partial charge in [-0.1, -0.05) is 0 Å². The van der Waals surface area contributed by atoms with E-state index in [-0.39, 0.29) is 6.61 Å². The highest BCUT2D eigenvalue weighted by atomic mass is 79.9. The molecule has 2 rings (SSSR count). The Bertz CT molecular complexity index is 755. The summed E-state index contributed by atoms with van der Waals surface area (Å²) in [5.74, 6) is 2.49. The normalized spacial score (nSPS) is 9.96. The van der Waals surface area contributed by atoms with Crippen LogP contribution in [-0.2, 0) is 6.61 Å². The van der Waals surface area contributed by atoms with Crippen LogP contribution in [0.4, 0.5) is 0 Å². The summed E-state index contributed by atoms with van der Waals surface area (Å²) in [5, 5.41) is 9.00. The van der Waals surface area contributed by atoms with E-state index in [0.29, 0.717) is 35.2 Å². The van der Waals surface area contributed by atoms with Crippen LogP contribution in [0, 0.1) is 11.3 Å². The van der Waals surface area contributed by atoms with Crippen molar-refractivity contribution in [1.29, 1.82) is 5.26 Å². The van der Waals surface area contributed by atoms with Crippen molar-refractivity contribution in [3.8, 4) is 29.1 Å². The molecular weight excluding hydrogens is 374 g/mol. The summed E-state index contributed by atoms with van der Waals surface area (Å²) in [6.45, 7) is 2.64. The average Bonchev–Trinajstić information content (AvgIpc) is 2.61. The number of halogens is 1. The van der Waals surface area contributed by atoms with Gasteiger partial charge in [-0.25, -0.2) is 0 Å². The molecule has 0 amide bonds. The van der Waals surface area contributed by atoms with Gasteiger partial charge in [-0.2, -0.15) is 5.26 Å². The molecule has 0 spiro atoms. The number of rotatable bonds is 7. The van der Waals surface area contributed by atoms with Gasteiger partial charge in [-0.3, -0.25) is 0 Å². The summed E-state index contributed by atoms with van der Waals surface area (Å²) in [7, 11) is 3.20. The first kappa shape index (κ1) is 18.0. The highest BCUT2D eigenvalue weighted by Crippen LogP contribution is 2.34. The Kier molecular flexibility index (Phi) is 6.33. The van der Waals surface area contributed by atoms with E-state index >= 15 is 0 Å². The molecule has 2 aromatic carbocycles. The number of benzene rings is 2. The fraction of sp³-hybridized carbons (Fsp3) is 0.278. The largest absolute Gasteiger partial charge is 0.496 e. The maximum absolute atomic E-state index is 9.00. The number of hydrogen-bond acceptors (Lipinski definition) is 5. The minimum absolute atomic E-state index is 0.277. The molecule has 0 aliphatic heterocycles. The van der Waals surface area contributed by atoms with E-state index in [1.807, 2.05) is 19.1 Å². The second kappa shape index (κ2) is 8.46. The van der Waals surface area contributed by atoms with Crippen LogP contribution in [0.2, 0.25) is 0 Å². The van der Waals surface area contributed by atoms with E-state index in [9.17, 15) is 0 Å². The highest BCUT2D eigenvalue weighted by Gasteiger charge is 2.12. The molecule has 2 aromatic rings. The topological polar surface area (TPSA) is 60.7 Å². The Morgan fingerprint density at radius 2 is 1.71 bits per heavy atom. The van der Waals surface area contributed by atoms with Gasteiger partial charge >= 0.3 is 0 Å². The third kappa shape index (κ3) is 4.12. The molecule has 0 aliphatic carbocycles. The zero-order valence-corrected chi connectivity index (χ0v) is 15.3. The lowest BCUT2D eigenvalue weighted by Gasteiger charge is -2.15. The Morgan fingerprint density at radius 1 is 0.958 bits per heavy atom. The van der Waals surface area contributed by atoms with Crippen LogP contribution in [0.3, 0.4) is 0 Å². The molecule has 0 N–H and O–H groups in total. The standard InChI is InChI=1S/C18H18BrNO4/c1-4-23-18-7-12(10-20)5-6-15(18)24-11-13-8-17(22-3)14(19)9-16(13)21-2/h5-9H,4,11H2,1-3H3. The van der Waals surface area contributed by atoms with Gasteiger partial charge in [0.05, 0.1) is 36.9 Å². The van der Waals surface area contributed by atoms with Gasteiger partial charge in [-0.05, 0) is 47.1 Å². The van der Waals surface area contributed by atoms with Gasteiger partial charge in [-0.15, -0.1) is 0 Å². The van der Waals surface area contributed by atoms with Crippen molar-refractivity contribution in [2.24, 2.45) is 0 Å². The zero-order valence-electron chi connectivity index (χ0n) is 13.8. The highest BCUT2D eigenvalue weighted by molar-refractivity contribution is 9.10. The molecule has 0 aromatic heterocycles. The molecule has 0 fully saturated rings. The fourth-order valence-corrected chi connectivity index (χ4v) is 2.64. The first-order valence-electron chi connectivity index (χ1n) is 7.33. The summed E-state index contributed by atoms with van der Waals surface area (Å²) in [4.78, 5) is 0. The minimum Gasteiger partial charge on any atom is -0.496 e. The Balaban J connectivity index is 2.26. The van der Waals surface area contributed by atoms with Crippen LogP contribution in [0.5, 0.6) is 23.0 Å². The quantitative estimate of drug-likeness (QED) is 0.703. The minimum atomic E-state index is 0.277. The molecule has 0 bridgehead atoms. The maximum Gasteiger partial charge on any atom is 0.162 e. The molecule has 0 saturated heterocycles. The van der Waals surface area contributed by atoms with Gasteiger partial charge in [0, 0.05) is 11.6 Å². The Labute approximate surface area is 149 Å². The first-order chi connectivity index (χ1) is 11.6. The number of nitriles is 1. The number of methoxy groups -OCH3 is 2. The predicted molar refractivity (Wildman–Crippen MR) is 93.9 cm³/mol. The van der Waals surface area contributed by atoms with Crippen molar-refractivity contribution < 1.29 is 18.9 Å². The molecule has 0 aliphatic rings. The van der Waals surface area contributed by atoms with Gasteiger partial charge in [0.1, 0.15) is 18.1 Å². The van der Waals surface area contributed by atoms with Crippen molar-refractivity contribution in [1.82, 2.24) is 0 Å². The third-order valence-corrected chi connectivity index (χ3v) is 3.93. The van der Waals surface area contributed by atoms with Gasteiger partial charge < -0.3 is 18.9 Å². The van der Waals surface area contributed by atoms with Crippen molar-refractivity contribution >= 4 is 15.9 Å². The maximum atomic E-state index is 9.00. The second-order valence-electron chi connectivity index (χ2n) is 4.79. The van der Waals surface area contributed by atoms with E-state index in [4.69, 9.17) is 24.2 Å². The summed E-state index contributed by atoms with van der Waals surface area (Å²) in [5.41, 5.74) is 1.36. The van der Waals surface area contributed by atoms with E-state index in [1.54, 1.807) is 32.4 Å². The number of nitrogens with zero attached hydrogens (tertiary/aromatic N) is 1.